The molecule has 0 N–H and O–H groups in total. The molecule has 0 amide bonds. The van der Waals surface area contributed by atoms with Gasteiger partial charge in [0.25, 0.3) is 8.53 Å². The molecule has 1 atom stereocenters. The van der Waals surface area contributed by atoms with Crippen LogP contribution in [0, 0.1) is 0 Å². The van der Waals surface area contributed by atoms with Gasteiger partial charge in [0.1, 0.15) is 0 Å². The van der Waals surface area contributed by atoms with Crippen LogP contribution in [-0.2, 0) is 15.5 Å². The van der Waals surface area contributed by atoms with Crippen molar-refractivity contribution in [3.8, 4) is 0 Å². The maximum absolute atomic E-state index is 6.00. The molecular weight excluding hydrogens is 293 g/mol. The van der Waals surface area contributed by atoms with Crippen molar-refractivity contribution in [2.45, 2.75) is 65.5 Å². The van der Waals surface area contributed by atoms with Gasteiger partial charge in [-0.15, -0.1) is 0 Å². The number of unbranched alkanes of at least 4 members (excludes halogenated alkanes) is 2. The van der Waals surface area contributed by atoms with Crippen LogP contribution in [0.5, 0.6) is 0 Å². The third kappa shape index (κ3) is 7.19. The van der Waals surface area contributed by atoms with Crippen LogP contribution in [0.1, 0.15) is 52.5 Å². The highest BCUT2D eigenvalue weighted by molar-refractivity contribution is 7.44. The van der Waals surface area contributed by atoms with Crippen molar-refractivity contribution in [3.63, 3.8) is 0 Å². The highest BCUT2D eigenvalue weighted by Crippen LogP contribution is 2.45. The van der Waals surface area contributed by atoms with Crippen LogP contribution in [-0.4, -0.2) is 30.5 Å². The van der Waals surface area contributed by atoms with E-state index in [1.165, 1.54) is 18.4 Å². The molecule has 22 heavy (non-hydrogen) atoms. The van der Waals surface area contributed by atoms with E-state index in [0.29, 0.717) is 12.1 Å². The highest BCUT2D eigenvalue weighted by atomic mass is 31.2. The number of hydrogen-bond donors (Lipinski definition) is 0. The quantitative estimate of drug-likeness (QED) is 0.401. The number of rotatable bonds is 11. The lowest BCUT2D eigenvalue weighted by atomic mass is 10.1. The lowest BCUT2D eigenvalue weighted by Crippen LogP contribution is -2.33. The number of hydrogen-bond acceptors (Lipinski definition) is 3. The molecule has 0 fully saturated rings. The number of aryl methyl sites for hydroxylation is 1. The van der Waals surface area contributed by atoms with Crippen molar-refractivity contribution >= 4 is 8.53 Å². The standard InChI is InChI=1S/C18H32NO2P/c1-16(2)19(17(3)4)22(20-5)21-15-11-7-10-14-18-12-8-6-9-13-18/h6,8-9,12-13,16-17H,7,10-11,14-15H2,1-5H3. The molecule has 1 aromatic rings. The van der Waals surface area contributed by atoms with Crippen molar-refractivity contribution in [3.05, 3.63) is 35.9 Å². The first-order valence-corrected chi connectivity index (χ1v) is 9.48. The summed E-state index contributed by atoms with van der Waals surface area (Å²) in [6.45, 7) is 9.55. The van der Waals surface area contributed by atoms with Crippen LogP contribution >= 0.6 is 8.53 Å². The van der Waals surface area contributed by atoms with E-state index in [2.05, 4.69) is 62.7 Å². The van der Waals surface area contributed by atoms with Crippen LogP contribution < -0.4 is 0 Å². The Bertz CT molecular complexity index is 376. The van der Waals surface area contributed by atoms with Gasteiger partial charge in [-0.25, -0.2) is 4.67 Å². The van der Waals surface area contributed by atoms with Gasteiger partial charge < -0.3 is 9.05 Å². The summed E-state index contributed by atoms with van der Waals surface area (Å²) in [5.74, 6) is 0. The summed E-state index contributed by atoms with van der Waals surface area (Å²) in [4.78, 5) is 0. The van der Waals surface area contributed by atoms with Gasteiger partial charge >= 0.3 is 0 Å². The zero-order chi connectivity index (χ0) is 16.4. The van der Waals surface area contributed by atoms with Crippen LogP contribution in [0.2, 0.25) is 0 Å². The van der Waals surface area contributed by atoms with Crippen molar-refractivity contribution in [2.75, 3.05) is 13.7 Å². The smallest absolute Gasteiger partial charge is 0.258 e. The van der Waals surface area contributed by atoms with Crippen molar-refractivity contribution in [1.29, 1.82) is 0 Å². The molecule has 0 aromatic heterocycles. The zero-order valence-electron chi connectivity index (χ0n) is 14.8. The second-order valence-electron chi connectivity index (χ2n) is 6.12. The third-order valence-electron chi connectivity index (χ3n) is 3.56. The van der Waals surface area contributed by atoms with Gasteiger partial charge in [-0.2, -0.15) is 0 Å². The van der Waals surface area contributed by atoms with Gasteiger partial charge in [-0.05, 0) is 52.5 Å². The largest absolute Gasteiger partial charge is 0.325 e. The molecule has 0 aliphatic carbocycles. The minimum Gasteiger partial charge on any atom is -0.325 e. The first-order chi connectivity index (χ1) is 10.6. The van der Waals surface area contributed by atoms with Gasteiger partial charge in [0.2, 0.25) is 0 Å². The first-order valence-electron chi connectivity index (χ1n) is 8.35. The van der Waals surface area contributed by atoms with Crippen LogP contribution in [0.25, 0.3) is 0 Å². The summed E-state index contributed by atoms with van der Waals surface area (Å²) in [5, 5.41) is 0. The molecule has 0 bridgehead atoms. The van der Waals surface area contributed by atoms with Crippen LogP contribution in [0.3, 0.4) is 0 Å². The average Bonchev–Trinajstić information content (AvgIpc) is 2.49. The molecule has 3 nitrogen and oxygen atoms in total. The Hall–Kier alpha value is -0.470. The summed E-state index contributed by atoms with van der Waals surface area (Å²) < 4.78 is 13.9. The van der Waals surface area contributed by atoms with E-state index in [0.717, 1.165) is 19.4 Å². The van der Waals surface area contributed by atoms with Crippen molar-refractivity contribution in [2.24, 2.45) is 0 Å². The minimum absolute atomic E-state index is 0.434. The molecule has 0 saturated carbocycles. The average molecular weight is 325 g/mol. The third-order valence-corrected chi connectivity index (χ3v) is 5.57. The molecule has 0 heterocycles. The van der Waals surface area contributed by atoms with E-state index in [4.69, 9.17) is 9.05 Å². The maximum atomic E-state index is 6.00. The Labute approximate surface area is 138 Å². The molecule has 1 unspecified atom stereocenters. The monoisotopic (exact) mass is 325 g/mol. The Morgan fingerprint density at radius 2 is 1.59 bits per heavy atom. The normalized spacial score (nSPS) is 13.3. The molecule has 126 valence electrons. The molecule has 0 aliphatic heterocycles. The van der Waals surface area contributed by atoms with Crippen molar-refractivity contribution in [1.82, 2.24) is 4.67 Å². The van der Waals surface area contributed by atoms with E-state index in [9.17, 15) is 0 Å². The fourth-order valence-electron chi connectivity index (χ4n) is 2.58. The summed E-state index contributed by atoms with van der Waals surface area (Å²) in [6.07, 6.45) is 4.67. The molecule has 0 radical (unpaired) electrons. The predicted octanol–water partition coefficient (Wildman–Crippen LogP) is 5.41. The molecule has 0 spiro atoms. The Morgan fingerprint density at radius 3 is 2.14 bits per heavy atom. The van der Waals surface area contributed by atoms with Gasteiger partial charge in [0, 0.05) is 19.2 Å². The predicted molar refractivity (Wildman–Crippen MR) is 96.0 cm³/mol. The highest BCUT2D eigenvalue weighted by Gasteiger charge is 2.25. The lowest BCUT2D eigenvalue weighted by molar-refractivity contribution is 0.192. The first kappa shape index (κ1) is 19.6. The van der Waals surface area contributed by atoms with Crippen LogP contribution in [0.4, 0.5) is 0 Å². The summed E-state index contributed by atoms with van der Waals surface area (Å²) >= 11 is 0. The second kappa shape index (κ2) is 11.1. The zero-order valence-corrected chi connectivity index (χ0v) is 15.7. The van der Waals surface area contributed by atoms with E-state index in [1.54, 1.807) is 7.11 Å². The molecule has 0 aliphatic rings. The van der Waals surface area contributed by atoms with Gasteiger partial charge in [-0.3, -0.25) is 0 Å². The van der Waals surface area contributed by atoms with E-state index >= 15 is 0 Å². The lowest BCUT2D eigenvalue weighted by Gasteiger charge is -2.34. The topological polar surface area (TPSA) is 21.7 Å². The van der Waals surface area contributed by atoms with Crippen molar-refractivity contribution < 1.29 is 9.05 Å². The SMILES string of the molecule is COP(OCCCCCc1ccccc1)N(C(C)C)C(C)C. The Kier molecular flexibility index (Phi) is 9.90. The molecule has 0 saturated heterocycles. The molecule has 4 heteroatoms. The molecule has 1 rings (SSSR count). The van der Waals surface area contributed by atoms with E-state index < -0.39 is 8.53 Å². The van der Waals surface area contributed by atoms with Gasteiger partial charge in [-0.1, -0.05) is 36.8 Å². The van der Waals surface area contributed by atoms with E-state index in [1.807, 2.05) is 0 Å². The number of nitrogens with zero attached hydrogens (tertiary/aromatic N) is 1. The summed E-state index contributed by atoms with van der Waals surface area (Å²) in [5.41, 5.74) is 1.42. The van der Waals surface area contributed by atoms with Gasteiger partial charge in [0.15, 0.2) is 0 Å². The summed E-state index contributed by atoms with van der Waals surface area (Å²) in [6, 6.07) is 11.5. The fraction of sp³-hybridized carbons (Fsp3) is 0.667. The Balaban J connectivity index is 2.21. The number of benzene rings is 1. The minimum atomic E-state index is -0.932. The maximum Gasteiger partial charge on any atom is 0.258 e. The molecular formula is C18H32NO2P. The fourth-order valence-corrected chi connectivity index (χ4v) is 4.05. The van der Waals surface area contributed by atoms with Crippen LogP contribution in [0.15, 0.2) is 30.3 Å². The summed E-state index contributed by atoms with van der Waals surface area (Å²) in [7, 11) is 0.817. The Morgan fingerprint density at radius 1 is 0.955 bits per heavy atom. The van der Waals surface area contributed by atoms with Gasteiger partial charge in [0.05, 0.1) is 6.61 Å². The molecule has 1 aromatic carbocycles. The second-order valence-corrected chi connectivity index (χ2v) is 7.68. The van der Waals surface area contributed by atoms with E-state index in [-0.39, 0.29) is 0 Å².